The van der Waals surface area contributed by atoms with Crippen LogP contribution in [0.2, 0.25) is 0 Å². The molecule has 0 bridgehead atoms. The zero-order valence-electron chi connectivity index (χ0n) is 9.40. The molecule has 1 atom stereocenters. The highest BCUT2D eigenvalue weighted by Gasteiger charge is 2.29. The average Bonchev–Trinajstić information content (AvgIpc) is 2.71. The van der Waals surface area contributed by atoms with Crippen LogP contribution in [0, 0.1) is 0 Å². The van der Waals surface area contributed by atoms with Gasteiger partial charge in [-0.2, -0.15) is 0 Å². The molecule has 0 spiro atoms. The summed E-state index contributed by atoms with van der Waals surface area (Å²) in [4.78, 5) is 11.4. The predicted molar refractivity (Wildman–Crippen MR) is 59.6 cm³/mol. The highest BCUT2D eigenvalue weighted by molar-refractivity contribution is 5.89. The first kappa shape index (κ1) is 10.7. The van der Waals surface area contributed by atoms with Crippen molar-refractivity contribution in [3.8, 4) is 0 Å². The van der Waals surface area contributed by atoms with E-state index in [1.54, 1.807) is 6.92 Å². The minimum Gasteiger partial charge on any atom is -0.489 e. The van der Waals surface area contributed by atoms with Gasteiger partial charge in [0.05, 0.1) is 12.7 Å². The molecule has 1 unspecified atom stereocenters. The van der Waals surface area contributed by atoms with E-state index >= 15 is 0 Å². The van der Waals surface area contributed by atoms with Crippen LogP contribution < -0.4 is 0 Å². The molecule has 0 saturated carbocycles. The van der Waals surface area contributed by atoms with Gasteiger partial charge in [0, 0.05) is 6.42 Å². The number of esters is 1. The quantitative estimate of drug-likeness (QED) is 0.716. The molecule has 0 saturated heterocycles. The number of carbonyl (C=O) groups is 1. The molecule has 3 nitrogen and oxygen atoms in total. The second-order valence-corrected chi connectivity index (χ2v) is 3.75. The van der Waals surface area contributed by atoms with Gasteiger partial charge in [-0.3, -0.25) is 0 Å². The summed E-state index contributed by atoms with van der Waals surface area (Å²) in [6, 6.07) is 9.88. The van der Waals surface area contributed by atoms with Crippen LogP contribution in [0.5, 0.6) is 0 Å². The van der Waals surface area contributed by atoms with Gasteiger partial charge in [0.15, 0.2) is 0 Å². The molecule has 0 aromatic heterocycles. The standard InChI is InChI=1S/C13H14O3/c1-9-11(13(14)15-2)8-12(16-9)10-6-4-3-5-7-10/h3-7,12H,8H2,1-2H3. The molecule has 0 radical (unpaired) electrons. The van der Waals surface area contributed by atoms with Crippen LogP contribution in [0.1, 0.15) is 25.0 Å². The maximum atomic E-state index is 11.4. The fourth-order valence-electron chi connectivity index (χ4n) is 1.86. The van der Waals surface area contributed by atoms with Gasteiger partial charge >= 0.3 is 5.97 Å². The molecular weight excluding hydrogens is 204 g/mol. The van der Waals surface area contributed by atoms with Gasteiger partial charge < -0.3 is 9.47 Å². The van der Waals surface area contributed by atoms with Crippen LogP contribution in [-0.2, 0) is 14.3 Å². The first-order valence-corrected chi connectivity index (χ1v) is 5.22. The molecule has 2 rings (SSSR count). The van der Waals surface area contributed by atoms with Crippen molar-refractivity contribution < 1.29 is 14.3 Å². The highest BCUT2D eigenvalue weighted by atomic mass is 16.5. The summed E-state index contributed by atoms with van der Waals surface area (Å²) >= 11 is 0. The Morgan fingerprint density at radius 3 is 2.69 bits per heavy atom. The van der Waals surface area contributed by atoms with Gasteiger partial charge in [-0.1, -0.05) is 30.3 Å². The Labute approximate surface area is 94.7 Å². The monoisotopic (exact) mass is 218 g/mol. The Hall–Kier alpha value is -1.77. The number of hydrogen-bond acceptors (Lipinski definition) is 3. The Bertz CT molecular complexity index is 420. The van der Waals surface area contributed by atoms with Crippen molar-refractivity contribution in [2.75, 3.05) is 7.11 Å². The zero-order valence-corrected chi connectivity index (χ0v) is 9.40. The second-order valence-electron chi connectivity index (χ2n) is 3.75. The molecule has 1 aromatic rings. The number of ether oxygens (including phenoxy) is 2. The van der Waals surface area contributed by atoms with Crippen molar-refractivity contribution in [3.05, 3.63) is 47.2 Å². The molecule has 0 N–H and O–H groups in total. The number of allylic oxidation sites excluding steroid dienone is 1. The largest absolute Gasteiger partial charge is 0.489 e. The van der Waals surface area contributed by atoms with Crippen LogP contribution >= 0.6 is 0 Å². The van der Waals surface area contributed by atoms with E-state index in [0.717, 1.165) is 5.56 Å². The summed E-state index contributed by atoms with van der Waals surface area (Å²) < 4.78 is 10.4. The van der Waals surface area contributed by atoms with E-state index in [1.807, 2.05) is 30.3 Å². The Morgan fingerprint density at radius 1 is 1.38 bits per heavy atom. The Balaban J connectivity index is 2.15. The summed E-state index contributed by atoms with van der Waals surface area (Å²) in [7, 11) is 1.39. The van der Waals surface area contributed by atoms with Gasteiger partial charge in [-0.15, -0.1) is 0 Å². The third kappa shape index (κ3) is 1.94. The SMILES string of the molecule is COC(=O)C1=C(C)OC(c2ccccc2)C1. The number of hydrogen-bond donors (Lipinski definition) is 0. The lowest BCUT2D eigenvalue weighted by Crippen LogP contribution is -2.04. The molecule has 84 valence electrons. The summed E-state index contributed by atoms with van der Waals surface area (Å²) in [5.41, 5.74) is 1.72. The Kier molecular flexibility index (Phi) is 2.95. The summed E-state index contributed by atoms with van der Waals surface area (Å²) in [5, 5.41) is 0. The van der Waals surface area contributed by atoms with E-state index in [1.165, 1.54) is 7.11 Å². The lowest BCUT2D eigenvalue weighted by molar-refractivity contribution is -0.136. The van der Waals surface area contributed by atoms with Gasteiger partial charge in [-0.25, -0.2) is 4.79 Å². The molecule has 1 heterocycles. The molecule has 0 aliphatic carbocycles. The summed E-state index contributed by atoms with van der Waals surface area (Å²) in [6.07, 6.45) is 0.526. The van der Waals surface area contributed by atoms with E-state index in [4.69, 9.17) is 9.47 Å². The lowest BCUT2D eigenvalue weighted by Gasteiger charge is -2.11. The van der Waals surface area contributed by atoms with Gasteiger partial charge in [0.2, 0.25) is 0 Å². The molecule has 1 aromatic carbocycles. The predicted octanol–water partition coefficient (Wildman–Crippen LogP) is 2.60. The van der Waals surface area contributed by atoms with E-state index in [-0.39, 0.29) is 12.1 Å². The third-order valence-electron chi connectivity index (χ3n) is 2.74. The Morgan fingerprint density at radius 2 is 2.06 bits per heavy atom. The van der Waals surface area contributed by atoms with E-state index in [2.05, 4.69) is 0 Å². The van der Waals surface area contributed by atoms with Crippen molar-refractivity contribution in [3.63, 3.8) is 0 Å². The number of carbonyl (C=O) groups excluding carboxylic acids is 1. The highest BCUT2D eigenvalue weighted by Crippen LogP contribution is 2.35. The number of benzene rings is 1. The van der Waals surface area contributed by atoms with E-state index < -0.39 is 0 Å². The molecule has 1 aliphatic rings. The van der Waals surface area contributed by atoms with Crippen LogP contribution in [0.15, 0.2) is 41.7 Å². The minimum absolute atomic E-state index is 0.0599. The average molecular weight is 218 g/mol. The summed E-state index contributed by atoms with van der Waals surface area (Å²) in [6.45, 7) is 1.80. The molecular formula is C13H14O3. The number of rotatable bonds is 2. The van der Waals surface area contributed by atoms with Crippen LogP contribution in [0.3, 0.4) is 0 Å². The lowest BCUT2D eigenvalue weighted by atomic mass is 10.0. The fourth-order valence-corrected chi connectivity index (χ4v) is 1.86. The zero-order chi connectivity index (χ0) is 11.5. The number of methoxy groups -OCH3 is 1. The van der Waals surface area contributed by atoms with Crippen molar-refractivity contribution in [2.24, 2.45) is 0 Å². The maximum absolute atomic E-state index is 11.4. The third-order valence-corrected chi connectivity index (χ3v) is 2.74. The molecule has 0 amide bonds. The topological polar surface area (TPSA) is 35.5 Å². The van der Waals surface area contributed by atoms with Gasteiger partial charge in [0.25, 0.3) is 0 Å². The van der Waals surface area contributed by atoms with Crippen molar-refractivity contribution >= 4 is 5.97 Å². The van der Waals surface area contributed by atoms with Crippen LogP contribution in [-0.4, -0.2) is 13.1 Å². The van der Waals surface area contributed by atoms with Gasteiger partial charge in [-0.05, 0) is 12.5 Å². The fraction of sp³-hybridized carbons (Fsp3) is 0.308. The van der Waals surface area contributed by atoms with Gasteiger partial charge in [0.1, 0.15) is 11.9 Å². The molecule has 1 aliphatic heterocycles. The summed E-state index contributed by atoms with van der Waals surface area (Å²) in [5.74, 6) is 0.372. The smallest absolute Gasteiger partial charge is 0.337 e. The van der Waals surface area contributed by atoms with Crippen molar-refractivity contribution in [1.82, 2.24) is 0 Å². The van der Waals surface area contributed by atoms with E-state index in [9.17, 15) is 4.79 Å². The van der Waals surface area contributed by atoms with Crippen molar-refractivity contribution in [1.29, 1.82) is 0 Å². The van der Waals surface area contributed by atoms with Crippen LogP contribution in [0.25, 0.3) is 0 Å². The minimum atomic E-state index is -0.295. The first-order valence-electron chi connectivity index (χ1n) is 5.22. The molecule has 16 heavy (non-hydrogen) atoms. The normalized spacial score (nSPS) is 19.5. The second kappa shape index (κ2) is 4.39. The molecule has 3 heteroatoms. The molecule has 0 fully saturated rings. The van der Waals surface area contributed by atoms with E-state index in [0.29, 0.717) is 17.8 Å². The van der Waals surface area contributed by atoms with Crippen molar-refractivity contribution in [2.45, 2.75) is 19.4 Å². The first-order chi connectivity index (χ1) is 7.72. The maximum Gasteiger partial charge on any atom is 0.337 e. The van der Waals surface area contributed by atoms with Crippen LogP contribution in [0.4, 0.5) is 0 Å².